The van der Waals surface area contributed by atoms with E-state index in [1.165, 1.54) is 0 Å². The molecule has 0 N–H and O–H groups in total. The van der Waals surface area contributed by atoms with Crippen LogP contribution in [0.2, 0.25) is 0 Å². The third-order valence-corrected chi connectivity index (χ3v) is 2.35. The lowest BCUT2D eigenvalue weighted by molar-refractivity contribution is 0.303. The Morgan fingerprint density at radius 2 is 1.94 bits per heavy atom. The fourth-order valence-corrected chi connectivity index (χ4v) is 1.55. The molecule has 1 aromatic carbocycles. The summed E-state index contributed by atoms with van der Waals surface area (Å²) in [6, 6.07) is 7.78. The van der Waals surface area contributed by atoms with Crippen LogP contribution in [0.25, 0.3) is 11.3 Å². The summed E-state index contributed by atoms with van der Waals surface area (Å²) in [5.41, 5.74) is 1.91. The van der Waals surface area contributed by atoms with E-state index in [1.807, 2.05) is 49.5 Å². The van der Waals surface area contributed by atoms with E-state index in [2.05, 4.69) is 10.3 Å². The van der Waals surface area contributed by atoms with Crippen molar-refractivity contribution in [1.29, 1.82) is 0 Å². The van der Waals surface area contributed by atoms with Crippen LogP contribution in [-0.4, -0.2) is 41.1 Å². The highest BCUT2D eigenvalue weighted by molar-refractivity contribution is 5.58. The summed E-state index contributed by atoms with van der Waals surface area (Å²) in [5, 5.41) is 8.21. The van der Waals surface area contributed by atoms with E-state index < -0.39 is 0 Å². The molecule has 0 unspecified atom stereocenters. The van der Waals surface area contributed by atoms with E-state index in [9.17, 15) is 0 Å². The first-order valence-electron chi connectivity index (χ1n) is 5.38. The van der Waals surface area contributed by atoms with Crippen molar-refractivity contribution >= 4 is 0 Å². The highest BCUT2D eigenvalue weighted by Crippen LogP contribution is 2.19. The molecular weight excluding hydrogens is 216 g/mol. The lowest BCUT2D eigenvalue weighted by Gasteiger charge is -2.07. The van der Waals surface area contributed by atoms with Gasteiger partial charge in [0.15, 0.2) is 0 Å². The van der Waals surface area contributed by atoms with Crippen LogP contribution >= 0.6 is 0 Å². The molecule has 1 aromatic heterocycles. The van der Waals surface area contributed by atoms with Crippen LogP contribution in [0.3, 0.4) is 0 Å². The second-order valence-electron chi connectivity index (χ2n) is 4.09. The molecule has 17 heavy (non-hydrogen) atoms. The van der Waals surface area contributed by atoms with Gasteiger partial charge in [0.05, 0.1) is 20.0 Å². The molecule has 0 amide bonds. The average Bonchev–Trinajstić information content (AvgIpc) is 2.77. The fraction of sp³-hybridized carbons (Fsp3) is 0.333. The van der Waals surface area contributed by atoms with Crippen LogP contribution in [-0.2, 0) is 6.67 Å². The minimum absolute atomic E-state index is 0.725. The van der Waals surface area contributed by atoms with E-state index in [4.69, 9.17) is 4.74 Å². The summed E-state index contributed by atoms with van der Waals surface area (Å²) in [6.07, 6.45) is 1.93. The van der Waals surface area contributed by atoms with E-state index in [-0.39, 0.29) is 0 Å². The molecule has 2 rings (SSSR count). The van der Waals surface area contributed by atoms with E-state index >= 15 is 0 Å². The average molecular weight is 232 g/mol. The summed E-state index contributed by atoms with van der Waals surface area (Å²) in [4.78, 5) is 2.03. The molecule has 0 atom stereocenters. The maximum absolute atomic E-state index is 5.11. The summed E-state index contributed by atoms with van der Waals surface area (Å²) in [5.74, 6) is 0.842. The number of methoxy groups -OCH3 is 1. The second-order valence-corrected chi connectivity index (χ2v) is 4.09. The summed E-state index contributed by atoms with van der Waals surface area (Å²) < 4.78 is 6.92. The van der Waals surface area contributed by atoms with Gasteiger partial charge in [-0.1, -0.05) is 5.21 Å². The maximum Gasteiger partial charge on any atom is 0.118 e. The lowest BCUT2D eigenvalue weighted by Crippen LogP contribution is -2.17. The van der Waals surface area contributed by atoms with Gasteiger partial charge in [-0.3, -0.25) is 4.90 Å². The smallest absolute Gasteiger partial charge is 0.118 e. The molecule has 0 spiro atoms. The lowest BCUT2D eigenvalue weighted by atomic mass is 10.2. The molecule has 1 heterocycles. The first-order chi connectivity index (χ1) is 8.19. The van der Waals surface area contributed by atoms with Crippen molar-refractivity contribution in [2.45, 2.75) is 6.67 Å². The Morgan fingerprint density at radius 1 is 1.24 bits per heavy atom. The number of nitrogens with zero attached hydrogens (tertiary/aromatic N) is 4. The molecule has 90 valence electrons. The topological polar surface area (TPSA) is 43.2 Å². The molecular formula is C12H16N4O. The molecule has 0 bridgehead atoms. The number of benzene rings is 1. The first-order valence-corrected chi connectivity index (χ1v) is 5.38. The Kier molecular flexibility index (Phi) is 3.39. The number of hydrogen-bond donors (Lipinski definition) is 0. The van der Waals surface area contributed by atoms with Gasteiger partial charge in [-0.2, -0.15) is 0 Å². The van der Waals surface area contributed by atoms with E-state index in [1.54, 1.807) is 11.8 Å². The van der Waals surface area contributed by atoms with E-state index in [0.717, 1.165) is 23.7 Å². The molecule has 0 aliphatic rings. The number of rotatable bonds is 4. The van der Waals surface area contributed by atoms with Crippen LogP contribution in [0, 0.1) is 0 Å². The molecule has 0 radical (unpaired) electrons. The van der Waals surface area contributed by atoms with Crippen molar-refractivity contribution in [3.05, 3.63) is 30.5 Å². The predicted molar refractivity (Wildman–Crippen MR) is 65.7 cm³/mol. The fourth-order valence-electron chi connectivity index (χ4n) is 1.55. The van der Waals surface area contributed by atoms with Gasteiger partial charge in [0.1, 0.15) is 11.4 Å². The zero-order valence-electron chi connectivity index (χ0n) is 10.3. The molecule has 0 saturated carbocycles. The van der Waals surface area contributed by atoms with Gasteiger partial charge in [-0.05, 0) is 38.4 Å². The van der Waals surface area contributed by atoms with Crippen molar-refractivity contribution in [2.75, 3.05) is 21.2 Å². The zero-order chi connectivity index (χ0) is 12.3. The minimum Gasteiger partial charge on any atom is -0.497 e. The van der Waals surface area contributed by atoms with Gasteiger partial charge in [-0.25, -0.2) is 4.68 Å². The van der Waals surface area contributed by atoms with Crippen LogP contribution < -0.4 is 4.74 Å². The Morgan fingerprint density at radius 3 is 2.53 bits per heavy atom. The van der Waals surface area contributed by atoms with Crippen molar-refractivity contribution in [1.82, 2.24) is 19.9 Å². The van der Waals surface area contributed by atoms with Gasteiger partial charge in [0.2, 0.25) is 0 Å². The SMILES string of the molecule is COc1ccc(-c2cn(CN(C)C)nn2)cc1. The van der Waals surface area contributed by atoms with Gasteiger partial charge in [0.25, 0.3) is 0 Å². The largest absolute Gasteiger partial charge is 0.497 e. The highest BCUT2D eigenvalue weighted by atomic mass is 16.5. The molecule has 0 fully saturated rings. The van der Waals surface area contributed by atoms with Crippen LogP contribution in [0.4, 0.5) is 0 Å². The molecule has 2 aromatic rings. The van der Waals surface area contributed by atoms with Crippen molar-refractivity contribution in [3.8, 4) is 17.0 Å². The molecule has 0 saturated heterocycles. The minimum atomic E-state index is 0.725. The zero-order valence-corrected chi connectivity index (χ0v) is 10.3. The third-order valence-electron chi connectivity index (χ3n) is 2.35. The Labute approximate surface area is 101 Å². The van der Waals surface area contributed by atoms with Crippen LogP contribution in [0.15, 0.2) is 30.5 Å². The monoisotopic (exact) mass is 232 g/mol. The van der Waals surface area contributed by atoms with Gasteiger partial charge < -0.3 is 4.74 Å². The third kappa shape index (κ3) is 2.82. The Hall–Kier alpha value is -1.88. The second kappa shape index (κ2) is 4.97. The summed E-state index contributed by atoms with van der Waals surface area (Å²) >= 11 is 0. The quantitative estimate of drug-likeness (QED) is 0.800. The van der Waals surface area contributed by atoms with Crippen molar-refractivity contribution in [2.24, 2.45) is 0 Å². The van der Waals surface area contributed by atoms with Crippen molar-refractivity contribution < 1.29 is 4.74 Å². The maximum atomic E-state index is 5.11. The molecule has 0 aliphatic carbocycles. The molecule has 5 nitrogen and oxygen atoms in total. The Bertz CT molecular complexity index is 476. The van der Waals surface area contributed by atoms with Crippen LogP contribution in [0.5, 0.6) is 5.75 Å². The first kappa shape index (κ1) is 11.6. The van der Waals surface area contributed by atoms with E-state index in [0.29, 0.717) is 0 Å². The molecule has 5 heteroatoms. The summed E-state index contributed by atoms with van der Waals surface area (Å²) in [7, 11) is 5.64. The van der Waals surface area contributed by atoms with Gasteiger partial charge in [0, 0.05) is 5.56 Å². The molecule has 0 aliphatic heterocycles. The van der Waals surface area contributed by atoms with Crippen LogP contribution in [0.1, 0.15) is 0 Å². The Balaban J connectivity index is 2.18. The number of aromatic nitrogens is 3. The summed E-state index contributed by atoms with van der Waals surface area (Å²) in [6.45, 7) is 0.725. The highest BCUT2D eigenvalue weighted by Gasteiger charge is 2.04. The predicted octanol–water partition coefficient (Wildman–Crippen LogP) is 1.47. The number of ether oxygens (including phenoxy) is 1. The van der Waals surface area contributed by atoms with Gasteiger partial charge >= 0.3 is 0 Å². The van der Waals surface area contributed by atoms with Gasteiger partial charge in [-0.15, -0.1) is 5.10 Å². The standard InChI is InChI=1S/C12H16N4O/c1-15(2)9-16-8-12(13-14-16)10-4-6-11(17-3)7-5-10/h4-8H,9H2,1-3H3. The number of hydrogen-bond acceptors (Lipinski definition) is 4. The van der Waals surface area contributed by atoms with Crippen molar-refractivity contribution in [3.63, 3.8) is 0 Å². The normalized spacial score (nSPS) is 10.8.